The molecule has 0 bridgehead atoms. The Morgan fingerprint density at radius 2 is 1.80 bits per heavy atom. The predicted molar refractivity (Wildman–Crippen MR) is 95.2 cm³/mol. The summed E-state index contributed by atoms with van der Waals surface area (Å²) in [6.45, 7) is 5.57. The maximum Gasteiger partial charge on any atom is 0.414 e. The average Bonchev–Trinajstić information content (AvgIpc) is 3.06. The molecule has 3 N–H and O–H groups in total. The number of amides is 2. The van der Waals surface area contributed by atoms with Gasteiger partial charge in [0.05, 0.1) is 6.54 Å². The van der Waals surface area contributed by atoms with E-state index in [1.165, 1.54) is 0 Å². The van der Waals surface area contributed by atoms with Gasteiger partial charge in [-0.05, 0) is 38.5 Å². The number of carbonyl (C=O) groups excluding carboxylic acids is 2. The second-order valence-corrected chi connectivity index (χ2v) is 6.32. The Kier molecular flexibility index (Phi) is 5.94. The fourth-order valence-electron chi connectivity index (χ4n) is 1.91. The van der Waals surface area contributed by atoms with E-state index in [1.54, 1.807) is 39.1 Å². The van der Waals surface area contributed by atoms with Crippen molar-refractivity contribution in [3.63, 3.8) is 0 Å². The molecule has 1 aromatic carbocycles. The van der Waals surface area contributed by atoms with Crippen molar-refractivity contribution < 1.29 is 14.3 Å². The molecule has 7 nitrogen and oxygen atoms in total. The molecule has 2 rings (SSSR count). The second-order valence-electron chi connectivity index (χ2n) is 6.32. The second kappa shape index (κ2) is 8.14. The van der Waals surface area contributed by atoms with Crippen LogP contribution in [0.15, 0.2) is 53.7 Å². The Morgan fingerprint density at radius 1 is 1.08 bits per heavy atom. The first kappa shape index (κ1) is 18.3. The zero-order chi connectivity index (χ0) is 18.3. The van der Waals surface area contributed by atoms with E-state index in [0.29, 0.717) is 12.2 Å². The van der Waals surface area contributed by atoms with Gasteiger partial charge in [0.25, 0.3) is 5.91 Å². The number of benzene rings is 1. The number of hydrogen-bond acceptors (Lipinski definition) is 4. The molecule has 0 atom stereocenters. The Hall–Kier alpha value is -3.09. The summed E-state index contributed by atoms with van der Waals surface area (Å²) in [6.07, 6.45) is 0.947. The van der Waals surface area contributed by atoms with Crippen LogP contribution in [0.2, 0.25) is 0 Å². The molecule has 0 aliphatic carbocycles. The largest absolute Gasteiger partial charge is 0.444 e. The highest BCUT2D eigenvalue weighted by Crippen LogP contribution is 2.06. The van der Waals surface area contributed by atoms with Crippen LogP contribution in [0.4, 0.5) is 4.79 Å². The Bertz CT molecular complexity index is 731. The van der Waals surface area contributed by atoms with E-state index in [-0.39, 0.29) is 5.96 Å². The number of ether oxygens (including phenoxy) is 1. The number of carbonyl (C=O) groups is 2. The van der Waals surface area contributed by atoms with Gasteiger partial charge in [-0.3, -0.25) is 15.4 Å². The Morgan fingerprint density at radius 3 is 2.40 bits per heavy atom. The van der Waals surface area contributed by atoms with Crippen molar-refractivity contribution in [3.05, 3.63) is 59.9 Å². The summed E-state index contributed by atoms with van der Waals surface area (Å²) in [6, 6.07) is 12.8. The summed E-state index contributed by atoms with van der Waals surface area (Å²) >= 11 is 0. The maximum absolute atomic E-state index is 12.2. The van der Waals surface area contributed by atoms with Gasteiger partial charge in [-0.1, -0.05) is 30.3 Å². The first-order valence-electron chi connectivity index (χ1n) is 7.86. The molecule has 132 valence electrons. The van der Waals surface area contributed by atoms with Crippen molar-refractivity contribution in [3.8, 4) is 0 Å². The molecule has 0 radical (unpaired) electrons. The van der Waals surface area contributed by atoms with Gasteiger partial charge >= 0.3 is 6.09 Å². The van der Waals surface area contributed by atoms with E-state index in [0.717, 1.165) is 5.56 Å². The molecular weight excluding hydrogens is 320 g/mol. The molecule has 0 aliphatic rings. The van der Waals surface area contributed by atoms with Crippen LogP contribution in [0.25, 0.3) is 0 Å². The zero-order valence-corrected chi connectivity index (χ0v) is 14.5. The summed E-state index contributed by atoms with van der Waals surface area (Å²) in [7, 11) is 0. The summed E-state index contributed by atoms with van der Waals surface area (Å²) in [5, 5.41) is 5.05. The van der Waals surface area contributed by atoms with Gasteiger partial charge in [-0.2, -0.15) is 0 Å². The normalized spacial score (nSPS) is 11.7. The van der Waals surface area contributed by atoms with Gasteiger partial charge in [0, 0.05) is 6.20 Å². The third-order valence-corrected chi connectivity index (χ3v) is 2.96. The number of nitrogens with one attached hydrogen (secondary N) is 3. The van der Waals surface area contributed by atoms with Gasteiger partial charge in [0.2, 0.25) is 5.96 Å². The molecule has 1 heterocycles. The monoisotopic (exact) mass is 342 g/mol. The quantitative estimate of drug-likeness (QED) is 0.591. The van der Waals surface area contributed by atoms with E-state index in [2.05, 4.69) is 20.6 Å². The lowest BCUT2D eigenvalue weighted by molar-refractivity contribution is 0.0561. The minimum atomic E-state index is -0.689. The lowest BCUT2D eigenvalue weighted by atomic mass is 10.2. The summed E-state index contributed by atoms with van der Waals surface area (Å²) in [5.41, 5.74) is 0.650. The molecule has 2 amide bonds. The van der Waals surface area contributed by atoms with Crippen LogP contribution in [0, 0.1) is 0 Å². The van der Waals surface area contributed by atoms with E-state index in [4.69, 9.17) is 4.74 Å². The molecule has 25 heavy (non-hydrogen) atoms. The van der Waals surface area contributed by atoms with Crippen molar-refractivity contribution in [2.45, 2.75) is 32.9 Å². The van der Waals surface area contributed by atoms with Crippen LogP contribution in [-0.2, 0) is 11.3 Å². The van der Waals surface area contributed by atoms with Crippen molar-refractivity contribution >= 4 is 18.0 Å². The minimum absolute atomic E-state index is 0.0257. The van der Waals surface area contributed by atoms with Crippen molar-refractivity contribution in [2.75, 3.05) is 0 Å². The zero-order valence-electron chi connectivity index (χ0n) is 14.5. The number of aromatic nitrogens is 1. The van der Waals surface area contributed by atoms with Crippen LogP contribution >= 0.6 is 0 Å². The number of hydrogen-bond donors (Lipinski definition) is 3. The van der Waals surface area contributed by atoms with Crippen molar-refractivity contribution in [1.82, 2.24) is 15.6 Å². The third kappa shape index (κ3) is 6.50. The van der Waals surface area contributed by atoms with Gasteiger partial charge < -0.3 is 9.72 Å². The van der Waals surface area contributed by atoms with Crippen LogP contribution in [-0.4, -0.2) is 28.5 Å². The molecule has 0 saturated heterocycles. The summed E-state index contributed by atoms with van der Waals surface area (Å²) < 4.78 is 5.20. The molecule has 7 heteroatoms. The molecule has 0 aliphatic heterocycles. The van der Waals surface area contributed by atoms with Gasteiger partial charge in [-0.25, -0.2) is 9.79 Å². The third-order valence-electron chi connectivity index (χ3n) is 2.96. The first-order chi connectivity index (χ1) is 11.8. The van der Waals surface area contributed by atoms with E-state index >= 15 is 0 Å². The smallest absolute Gasteiger partial charge is 0.414 e. The minimum Gasteiger partial charge on any atom is -0.444 e. The van der Waals surface area contributed by atoms with Crippen molar-refractivity contribution in [2.24, 2.45) is 4.99 Å². The highest BCUT2D eigenvalue weighted by molar-refractivity contribution is 6.08. The van der Waals surface area contributed by atoms with Crippen LogP contribution in [0.3, 0.4) is 0 Å². The van der Waals surface area contributed by atoms with Gasteiger partial charge in [-0.15, -0.1) is 0 Å². The molecular formula is C18H22N4O3. The van der Waals surface area contributed by atoms with E-state index < -0.39 is 17.6 Å². The lowest BCUT2D eigenvalue weighted by Gasteiger charge is -2.20. The fraction of sp³-hybridized carbons (Fsp3) is 0.278. The van der Waals surface area contributed by atoms with Crippen molar-refractivity contribution in [1.29, 1.82) is 0 Å². The molecule has 0 unspecified atom stereocenters. The molecule has 0 fully saturated rings. The Labute approximate surface area is 146 Å². The van der Waals surface area contributed by atoms with Gasteiger partial charge in [0.15, 0.2) is 0 Å². The van der Waals surface area contributed by atoms with Crippen LogP contribution in [0.1, 0.15) is 36.8 Å². The number of aliphatic imine (C=N–C) groups is 1. The highest BCUT2D eigenvalue weighted by Gasteiger charge is 2.18. The van der Waals surface area contributed by atoms with Crippen LogP contribution < -0.4 is 10.6 Å². The first-order valence-corrected chi connectivity index (χ1v) is 7.86. The van der Waals surface area contributed by atoms with E-state index in [9.17, 15) is 9.59 Å². The molecule has 0 saturated carbocycles. The fourth-order valence-corrected chi connectivity index (χ4v) is 1.91. The van der Waals surface area contributed by atoms with Gasteiger partial charge in [0.1, 0.15) is 11.3 Å². The summed E-state index contributed by atoms with van der Waals surface area (Å²) in [5.74, 6) is -0.384. The highest BCUT2D eigenvalue weighted by atomic mass is 16.6. The number of H-pyrrole nitrogens is 1. The van der Waals surface area contributed by atoms with Crippen LogP contribution in [0.5, 0.6) is 0 Å². The van der Waals surface area contributed by atoms with E-state index in [1.807, 2.05) is 30.3 Å². The number of aromatic amines is 1. The Balaban J connectivity index is 2.09. The predicted octanol–water partition coefficient (Wildman–Crippen LogP) is 2.83. The SMILES string of the molecule is CC(C)(C)OC(=O)NC(=NCc1ccccc1)NC(=O)c1ccc[nH]1. The number of nitrogens with zero attached hydrogens (tertiary/aromatic N) is 1. The number of alkyl carbamates (subject to hydrolysis) is 1. The standard InChI is InChI=1S/C18H22N4O3/c1-18(2,3)25-17(24)22-16(20-12-13-8-5-4-6-9-13)21-15(23)14-10-7-11-19-14/h4-11,19H,12H2,1-3H3,(H2,20,21,22,23,24). The topological polar surface area (TPSA) is 95.6 Å². The maximum atomic E-state index is 12.2. The molecule has 2 aromatic rings. The number of guanidine groups is 1. The average molecular weight is 342 g/mol. The number of rotatable bonds is 3. The molecule has 0 spiro atoms. The lowest BCUT2D eigenvalue weighted by Crippen LogP contribution is -2.45. The summed E-state index contributed by atoms with van der Waals surface area (Å²) in [4.78, 5) is 31.2. The molecule has 1 aromatic heterocycles.